The van der Waals surface area contributed by atoms with Crippen LogP contribution in [0.5, 0.6) is 0 Å². The number of carbonyl (C=O) groups is 1. The van der Waals surface area contributed by atoms with E-state index in [0.29, 0.717) is 28.6 Å². The van der Waals surface area contributed by atoms with E-state index in [0.717, 1.165) is 0 Å². The molecule has 0 aromatic heterocycles. The molecule has 1 aliphatic heterocycles. The number of hydrogen-bond acceptors (Lipinski definition) is 3. The van der Waals surface area contributed by atoms with Crippen LogP contribution < -0.4 is 5.32 Å². The maximum atomic E-state index is 11.9. The number of ether oxygens (including phenoxy) is 1. The number of rotatable bonds is 4. The summed E-state index contributed by atoms with van der Waals surface area (Å²) in [6, 6.07) is 5.11. The Morgan fingerprint density at radius 1 is 1.50 bits per heavy atom. The summed E-state index contributed by atoms with van der Waals surface area (Å²) in [5.74, 6) is -0.229. The van der Waals surface area contributed by atoms with Gasteiger partial charge in [-0.3, -0.25) is 4.79 Å². The quantitative estimate of drug-likeness (QED) is 0.895. The topological polar surface area (TPSA) is 58.6 Å². The van der Waals surface area contributed by atoms with Crippen molar-refractivity contribution >= 4 is 29.1 Å². The Bertz CT molecular complexity index is 489. The van der Waals surface area contributed by atoms with Crippen LogP contribution in [0.2, 0.25) is 10.0 Å². The lowest BCUT2D eigenvalue weighted by Gasteiger charge is -2.26. The second kappa shape index (κ2) is 6.31. The zero-order chi connectivity index (χ0) is 14.8. The first-order valence-corrected chi connectivity index (χ1v) is 7.21. The normalized spacial score (nSPS) is 25.7. The molecule has 6 heteroatoms. The van der Waals surface area contributed by atoms with Crippen LogP contribution >= 0.6 is 23.2 Å². The van der Waals surface area contributed by atoms with Gasteiger partial charge in [0.1, 0.15) is 5.60 Å². The first-order chi connectivity index (χ1) is 9.42. The van der Waals surface area contributed by atoms with Gasteiger partial charge in [-0.1, -0.05) is 29.3 Å². The van der Waals surface area contributed by atoms with Gasteiger partial charge in [0.05, 0.1) is 12.5 Å². The highest BCUT2D eigenvalue weighted by Gasteiger charge is 2.39. The lowest BCUT2D eigenvalue weighted by molar-refractivity contribution is -0.122. The fourth-order valence-electron chi connectivity index (χ4n) is 2.18. The second-order valence-corrected chi connectivity index (χ2v) is 5.83. The van der Waals surface area contributed by atoms with E-state index in [9.17, 15) is 9.90 Å². The van der Waals surface area contributed by atoms with E-state index < -0.39 is 5.60 Å². The molecule has 2 rings (SSSR count). The summed E-state index contributed by atoms with van der Waals surface area (Å²) in [5, 5.41) is 13.9. The molecule has 0 spiro atoms. The fraction of sp³-hybridized carbons (Fsp3) is 0.500. The van der Waals surface area contributed by atoms with E-state index in [-0.39, 0.29) is 25.0 Å². The Morgan fingerprint density at radius 2 is 2.15 bits per heavy atom. The van der Waals surface area contributed by atoms with Gasteiger partial charge in [-0.2, -0.15) is 0 Å². The fourth-order valence-corrected chi connectivity index (χ4v) is 2.71. The zero-order valence-electron chi connectivity index (χ0n) is 11.2. The standard InChI is InChI=1S/C14H17Cl2NO3/c1-9-14(19,5-6-20-9)8-17-13(18)7-10-11(15)3-2-4-12(10)16/h2-4,9,19H,5-8H2,1H3,(H,17,18). The highest BCUT2D eigenvalue weighted by atomic mass is 35.5. The van der Waals surface area contributed by atoms with Crippen molar-refractivity contribution in [3.8, 4) is 0 Å². The molecule has 1 amide bonds. The van der Waals surface area contributed by atoms with E-state index in [1.54, 1.807) is 25.1 Å². The predicted molar refractivity (Wildman–Crippen MR) is 78.2 cm³/mol. The third-order valence-corrected chi connectivity index (χ3v) is 4.36. The van der Waals surface area contributed by atoms with Gasteiger partial charge in [-0.25, -0.2) is 0 Å². The molecule has 0 aliphatic carbocycles. The van der Waals surface area contributed by atoms with Crippen LogP contribution in [0.15, 0.2) is 18.2 Å². The van der Waals surface area contributed by atoms with Gasteiger partial charge in [0.25, 0.3) is 0 Å². The van der Waals surface area contributed by atoms with E-state index in [2.05, 4.69) is 5.32 Å². The van der Waals surface area contributed by atoms with Crippen molar-refractivity contribution in [2.45, 2.75) is 31.5 Å². The number of amides is 1. The summed E-state index contributed by atoms with van der Waals surface area (Å²) in [6.45, 7) is 2.46. The maximum absolute atomic E-state index is 11.9. The molecule has 1 aromatic rings. The molecule has 110 valence electrons. The van der Waals surface area contributed by atoms with Crippen molar-refractivity contribution in [2.24, 2.45) is 0 Å². The van der Waals surface area contributed by atoms with E-state index >= 15 is 0 Å². The third kappa shape index (κ3) is 3.44. The first-order valence-electron chi connectivity index (χ1n) is 6.46. The molecule has 1 aliphatic rings. The Labute approximate surface area is 128 Å². The molecular formula is C14H17Cl2NO3. The predicted octanol–water partition coefficient (Wildman–Crippen LogP) is 2.19. The van der Waals surface area contributed by atoms with Crippen LogP contribution in [-0.2, 0) is 16.0 Å². The summed E-state index contributed by atoms with van der Waals surface area (Å²) < 4.78 is 5.31. The molecule has 0 bridgehead atoms. The molecule has 20 heavy (non-hydrogen) atoms. The molecule has 1 heterocycles. The highest BCUT2D eigenvalue weighted by molar-refractivity contribution is 6.36. The molecule has 0 saturated carbocycles. The second-order valence-electron chi connectivity index (χ2n) is 5.02. The minimum Gasteiger partial charge on any atom is -0.385 e. The molecule has 1 saturated heterocycles. The summed E-state index contributed by atoms with van der Waals surface area (Å²) in [7, 11) is 0. The van der Waals surface area contributed by atoms with Crippen LogP contribution in [0.1, 0.15) is 18.9 Å². The van der Waals surface area contributed by atoms with Crippen molar-refractivity contribution in [1.29, 1.82) is 0 Å². The van der Waals surface area contributed by atoms with Crippen LogP contribution in [0.3, 0.4) is 0 Å². The van der Waals surface area contributed by atoms with Gasteiger partial charge < -0.3 is 15.2 Å². The monoisotopic (exact) mass is 317 g/mol. The smallest absolute Gasteiger partial charge is 0.224 e. The van der Waals surface area contributed by atoms with E-state index in [1.807, 2.05) is 0 Å². The molecule has 1 aromatic carbocycles. The Morgan fingerprint density at radius 3 is 2.70 bits per heavy atom. The van der Waals surface area contributed by atoms with Crippen LogP contribution in [0.25, 0.3) is 0 Å². The minimum atomic E-state index is -1.00. The molecule has 4 nitrogen and oxygen atoms in total. The number of hydrogen-bond donors (Lipinski definition) is 2. The average Bonchev–Trinajstić information content (AvgIpc) is 2.73. The molecular weight excluding hydrogens is 301 g/mol. The SMILES string of the molecule is CC1OCCC1(O)CNC(=O)Cc1c(Cl)cccc1Cl. The number of nitrogens with one attached hydrogen (secondary N) is 1. The van der Waals surface area contributed by atoms with Gasteiger partial charge >= 0.3 is 0 Å². The summed E-state index contributed by atoms with van der Waals surface area (Å²) in [6.07, 6.45) is 0.317. The van der Waals surface area contributed by atoms with Gasteiger partial charge in [0.15, 0.2) is 0 Å². The number of halogens is 2. The lowest BCUT2D eigenvalue weighted by atomic mass is 9.96. The molecule has 1 fully saturated rings. The van der Waals surface area contributed by atoms with Gasteiger partial charge in [0.2, 0.25) is 5.91 Å². The Kier molecular flexibility index (Phi) is 4.91. The summed E-state index contributed by atoms with van der Waals surface area (Å²) >= 11 is 12.0. The minimum absolute atomic E-state index is 0.0871. The van der Waals surface area contributed by atoms with Crippen molar-refractivity contribution in [2.75, 3.05) is 13.2 Å². The first kappa shape index (κ1) is 15.6. The molecule has 2 unspecified atom stereocenters. The molecule has 0 radical (unpaired) electrons. The van der Waals surface area contributed by atoms with Crippen molar-refractivity contribution in [1.82, 2.24) is 5.32 Å². The molecule has 2 atom stereocenters. The number of benzene rings is 1. The van der Waals surface area contributed by atoms with Gasteiger partial charge in [-0.05, 0) is 24.6 Å². The Balaban J connectivity index is 1.93. The van der Waals surface area contributed by atoms with E-state index in [4.69, 9.17) is 27.9 Å². The Hall–Kier alpha value is -0.810. The molecule has 2 N–H and O–H groups in total. The van der Waals surface area contributed by atoms with Crippen molar-refractivity contribution in [3.63, 3.8) is 0 Å². The van der Waals surface area contributed by atoms with Crippen molar-refractivity contribution in [3.05, 3.63) is 33.8 Å². The maximum Gasteiger partial charge on any atom is 0.224 e. The lowest BCUT2D eigenvalue weighted by Crippen LogP contribution is -2.47. The average molecular weight is 318 g/mol. The van der Waals surface area contributed by atoms with Crippen molar-refractivity contribution < 1.29 is 14.6 Å². The summed E-state index contributed by atoms with van der Waals surface area (Å²) in [4.78, 5) is 11.9. The zero-order valence-corrected chi connectivity index (χ0v) is 12.7. The van der Waals surface area contributed by atoms with E-state index in [1.165, 1.54) is 0 Å². The van der Waals surface area contributed by atoms with Crippen LogP contribution in [0.4, 0.5) is 0 Å². The van der Waals surface area contributed by atoms with Gasteiger partial charge in [-0.15, -0.1) is 0 Å². The third-order valence-electron chi connectivity index (χ3n) is 3.65. The number of aliphatic hydroxyl groups is 1. The largest absolute Gasteiger partial charge is 0.385 e. The number of carbonyl (C=O) groups excluding carboxylic acids is 1. The summed E-state index contributed by atoms with van der Waals surface area (Å²) in [5.41, 5.74) is -0.407. The van der Waals surface area contributed by atoms with Crippen LogP contribution in [-0.4, -0.2) is 35.9 Å². The highest BCUT2D eigenvalue weighted by Crippen LogP contribution is 2.26. The van der Waals surface area contributed by atoms with Gasteiger partial charge in [0, 0.05) is 29.6 Å². The van der Waals surface area contributed by atoms with Crippen LogP contribution in [0, 0.1) is 0 Å².